The molecule has 7 nitrogen and oxygen atoms in total. The number of hydrogen-bond donors (Lipinski definition) is 2. The number of aromatic nitrogens is 2. The first kappa shape index (κ1) is 15.1. The van der Waals surface area contributed by atoms with Crippen molar-refractivity contribution in [1.82, 2.24) is 15.3 Å². The van der Waals surface area contributed by atoms with Crippen molar-refractivity contribution in [2.45, 2.75) is 12.6 Å². The Hall–Kier alpha value is -1.28. The SMILES string of the molecule is COCCNCc1cnc(N2CCOC(CO)C2)nc1. The van der Waals surface area contributed by atoms with Gasteiger partial charge in [0.2, 0.25) is 5.95 Å². The summed E-state index contributed by atoms with van der Waals surface area (Å²) in [4.78, 5) is 10.8. The minimum absolute atomic E-state index is 0.0258. The van der Waals surface area contributed by atoms with E-state index in [2.05, 4.69) is 15.3 Å². The van der Waals surface area contributed by atoms with Gasteiger partial charge >= 0.3 is 0 Å². The van der Waals surface area contributed by atoms with Crippen molar-refractivity contribution >= 4 is 5.95 Å². The first-order valence-corrected chi connectivity index (χ1v) is 6.81. The maximum Gasteiger partial charge on any atom is 0.225 e. The number of rotatable bonds is 7. The van der Waals surface area contributed by atoms with Gasteiger partial charge in [-0.25, -0.2) is 9.97 Å². The molecule has 1 aliphatic rings. The highest BCUT2D eigenvalue weighted by molar-refractivity contribution is 5.30. The monoisotopic (exact) mass is 282 g/mol. The Morgan fingerprint density at radius 1 is 1.50 bits per heavy atom. The fourth-order valence-corrected chi connectivity index (χ4v) is 2.02. The van der Waals surface area contributed by atoms with E-state index in [4.69, 9.17) is 14.6 Å². The molecule has 0 spiro atoms. The van der Waals surface area contributed by atoms with Crippen LogP contribution in [0.3, 0.4) is 0 Å². The second-order valence-electron chi connectivity index (χ2n) is 4.68. The average Bonchev–Trinajstić information content (AvgIpc) is 2.52. The van der Waals surface area contributed by atoms with Crippen LogP contribution in [0.1, 0.15) is 5.56 Å². The van der Waals surface area contributed by atoms with Crippen molar-refractivity contribution < 1.29 is 14.6 Å². The molecule has 0 saturated carbocycles. The molecule has 0 aromatic carbocycles. The predicted octanol–water partition coefficient (Wildman–Crippen LogP) is -0.590. The van der Waals surface area contributed by atoms with Crippen molar-refractivity contribution in [2.24, 2.45) is 0 Å². The van der Waals surface area contributed by atoms with E-state index >= 15 is 0 Å². The van der Waals surface area contributed by atoms with E-state index in [1.807, 2.05) is 17.3 Å². The Morgan fingerprint density at radius 2 is 2.30 bits per heavy atom. The van der Waals surface area contributed by atoms with Crippen LogP contribution in [-0.2, 0) is 16.0 Å². The standard InChI is InChI=1S/C13H22N4O3/c1-19-4-2-14-6-11-7-15-13(16-8-11)17-3-5-20-12(9-17)10-18/h7-8,12,14,18H,2-6,9-10H2,1H3. The van der Waals surface area contributed by atoms with Gasteiger partial charge in [0.05, 0.1) is 25.9 Å². The van der Waals surface area contributed by atoms with Crippen LogP contribution in [0.15, 0.2) is 12.4 Å². The van der Waals surface area contributed by atoms with Gasteiger partial charge in [-0.2, -0.15) is 0 Å². The number of morpholine rings is 1. The number of anilines is 1. The van der Waals surface area contributed by atoms with Gasteiger partial charge in [0, 0.05) is 51.2 Å². The van der Waals surface area contributed by atoms with Gasteiger partial charge in [-0.05, 0) is 0 Å². The zero-order valence-corrected chi connectivity index (χ0v) is 11.8. The Morgan fingerprint density at radius 3 is 3.00 bits per heavy atom. The predicted molar refractivity (Wildman–Crippen MR) is 74.7 cm³/mol. The molecule has 112 valence electrons. The van der Waals surface area contributed by atoms with Gasteiger partial charge < -0.3 is 24.8 Å². The van der Waals surface area contributed by atoms with Gasteiger partial charge in [0.1, 0.15) is 0 Å². The molecular formula is C13H22N4O3. The third kappa shape index (κ3) is 4.38. The van der Waals surface area contributed by atoms with E-state index in [9.17, 15) is 0 Å². The first-order valence-electron chi connectivity index (χ1n) is 6.81. The van der Waals surface area contributed by atoms with Crippen LogP contribution in [0, 0.1) is 0 Å². The lowest BCUT2D eigenvalue weighted by Gasteiger charge is -2.31. The summed E-state index contributed by atoms with van der Waals surface area (Å²) in [5, 5.41) is 12.4. The van der Waals surface area contributed by atoms with Gasteiger partial charge in [-0.1, -0.05) is 0 Å². The highest BCUT2D eigenvalue weighted by Crippen LogP contribution is 2.12. The van der Waals surface area contributed by atoms with E-state index in [0.717, 1.165) is 25.2 Å². The number of aliphatic hydroxyl groups excluding tert-OH is 1. The molecule has 1 aromatic heterocycles. The molecule has 0 amide bonds. The van der Waals surface area contributed by atoms with Crippen molar-refractivity contribution in [3.8, 4) is 0 Å². The Kier molecular flexibility index (Phi) is 6.13. The molecule has 1 unspecified atom stereocenters. The maximum atomic E-state index is 9.13. The van der Waals surface area contributed by atoms with E-state index < -0.39 is 0 Å². The van der Waals surface area contributed by atoms with Crippen molar-refractivity contribution in [1.29, 1.82) is 0 Å². The van der Waals surface area contributed by atoms with E-state index in [-0.39, 0.29) is 12.7 Å². The molecule has 1 atom stereocenters. The first-order chi connectivity index (χ1) is 9.83. The summed E-state index contributed by atoms with van der Waals surface area (Å²) in [6.45, 7) is 4.22. The van der Waals surface area contributed by atoms with Crippen LogP contribution in [0.2, 0.25) is 0 Å². The minimum Gasteiger partial charge on any atom is -0.394 e. The number of hydrogen-bond acceptors (Lipinski definition) is 7. The molecule has 1 aromatic rings. The molecule has 2 rings (SSSR count). The Bertz CT molecular complexity index is 388. The lowest BCUT2D eigenvalue weighted by atomic mass is 10.3. The molecule has 0 aliphatic carbocycles. The Labute approximate surface area is 118 Å². The minimum atomic E-state index is -0.150. The number of ether oxygens (including phenoxy) is 2. The van der Waals surface area contributed by atoms with Crippen LogP contribution in [0.25, 0.3) is 0 Å². The quantitative estimate of drug-likeness (QED) is 0.647. The van der Waals surface area contributed by atoms with Crippen molar-refractivity contribution in [3.63, 3.8) is 0 Å². The zero-order chi connectivity index (χ0) is 14.2. The number of nitrogens with zero attached hydrogens (tertiary/aromatic N) is 3. The summed E-state index contributed by atoms with van der Waals surface area (Å²) in [7, 11) is 1.68. The topological polar surface area (TPSA) is 79.7 Å². The molecule has 20 heavy (non-hydrogen) atoms. The van der Waals surface area contributed by atoms with Crippen molar-refractivity contribution in [3.05, 3.63) is 18.0 Å². The molecule has 7 heteroatoms. The van der Waals surface area contributed by atoms with Gasteiger partial charge in [0.25, 0.3) is 0 Å². The van der Waals surface area contributed by atoms with Gasteiger partial charge in [-0.3, -0.25) is 0 Å². The number of nitrogens with one attached hydrogen (secondary N) is 1. The molecule has 2 N–H and O–H groups in total. The van der Waals surface area contributed by atoms with E-state index in [1.54, 1.807) is 7.11 Å². The summed E-state index contributed by atoms with van der Waals surface area (Å²) >= 11 is 0. The highest BCUT2D eigenvalue weighted by atomic mass is 16.5. The van der Waals surface area contributed by atoms with Crippen LogP contribution in [-0.4, -0.2) is 67.7 Å². The molecule has 1 saturated heterocycles. The lowest BCUT2D eigenvalue weighted by molar-refractivity contribution is 0.00314. The van der Waals surface area contributed by atoms with Crippen molar-refractivity contribution in [2.75, 3.05) is 51.5 Å². The van der Waals surface area contributed by atoms with E-state index in [0.29, 0.717) is 25.7 Å². The van der Waals surface area contributed by atoms with Gasteiger partial charge in [-0.15, -0.1) is 0 Å². The normalized spacial score (nSPS) is 19.3. The molecule has 1 fully saturated rings. The third-order valence-electron chi connectivity index (χ3n) is 3.13. The summed E-state index contributed by atoms with van der Waals surface area (Å²) in [5.41, 5.74) is 1.04. The summed E-state index contributed by atoms with van der Waals surface area (Å²) in [6.07, 6.45) is 3.50. The molecule has 1 aliphatic heterocycles. The van der Waals surface area contributed by atoms with Crippen LogP contribution < -0.4 is 10.2 Å². The molecule has 0 bridgehead atoms. The van der Waals surface area contributed by atoms with Crippen LogP contribution in [0.5, 0.6) is 0 Å². The fraction of sp³-hybridized carbons (Fsp3) is 0.692. The maximum absolute atomic E-state index is 9.13. The van der Waals surface area contributed by atoms with E-state index in [1.165, 1.54) is 0 Å². The molecule has 0 radical (unpaired) electrons. The second kappa shape index (κ2) is 8.11. The lowest BCUT2D eigenvalue weighted by Crippen LogP contribution is -2.44. The van der Waals surface area contributed by atoms with Crippen LogP contribution >= 0.6 is 0 Å². The molecular weight excluding hydrogens is 260 g/mol. The number of aliphatic hydroxyl groups is 1. The fourth-order valence-electron chi connectivity index (χ4n) is 2.02. The average molecular weight is 282 g/mol. The molecule has 2 heterocycles. The summed E-state index contributed by atoms with van der Waals surface area (Å²) in [5.74, 6) is 0.687. The third-order valence-corrected chi connectivity index (χ3v) is 3.13. The Balaban J connectivity index is 1.84. The second-order valence-corrected chi connectivity index (χ2v) is 4.68. The highest BCUT2D eigenvalue weighted by Gasteiger charge is 2.21. The largest absolute Gasteiger partial charge is 0.394 e. The summed E-state index contributed by atoms with van der Waals surface area (Å²) < 4.78 is 10.4. The summed E-state index contributed by atoms with van der Waals surface area (Å²) in [6, 6.07) is 0. The smallest absolute Gasteiger partial charge is 0.225 e. The zero-order valence-electron chi connectivity index (χ0n) is 11.8. The van der Waals surface area contributed by atoms with Gasteiger partial charge in [0.15, 0.2) is 0 Å². The number of methoxy groups -OCH3 is 1. The van der Waals surface area contributed by atoms with Crippen LogP contribution in [0.4, 0.5) is 5.95 Å².